The van der Waals surface area contributed by atoms with E-state index in [9.17, 15) is 4.79 Å². The Labute approximate surface area is 81.9 Å². The SMILES string of the molecule is CC1(C)Cc2ncoc2C(C(=O)O)C1. The van der Waals surface area contributed by atoms with E-state index in [0.717, 1.165) is 12.1 Å². The molecule has 1 aliphatic carbocycles. The summed E-state index contributed by atoms with van der Waals surface area (Å²) >= 11 is 0. The Morgan fingerprint density at radius 2 is 2.43 bits per heavy atom. The zero-order chi connectivity index (χ0) is 10.3. The van der Waals surface area contributed by atoms with Crippen LogP contribution in [0.2, 0.25) is 0 Å². The third-order valence-electron chi connectivity index (χ3n) is 2.69. The molecule has 1 atom stereocenters. The van der Waals surface area contributed by atoms with Crippen molar-refractivity contribution in [1.82, 2.24) is 4.98 Å². The van der Waals surface area contributed by atoms with E-state index in [1.54, 1.807) is 0 Å². The van der Waals surface area contributed by atoms with Crippen LogP contribution < -0.4 is 0 Å². The molecular weight excluding hydrogens is 182 g/mol. The number of carbonyl (C=O) groups is 1. The maximum Gasteiger partial charge on any atom is 0.314 e. The van der Waals surface area contributed by atoms with Crippen LogP contribution in [-0.4, -0.2) is 16.1 Å². The molecule has 1 heterocycles. The second kappa shape index (κ2) is 2.83. The van der Waals surface area contributed by atoms with Crippen LogP contribution in [0.4, 0.5) is 0 Å². The smallest absolute Gasteiger partial charge is 0.314 e. The number of aromatic nitrogens is 1. The molecular formula is C10H13NO3. The summed E-state index contributed by atoms with van der Waals surface area (Å²) in [7, 11) is 0. The van der Waals surface area contributed by atoms with Crippen molar-refractivity contribution in [3.8, 4) is 0 Å². The molecule has 4 heteroatoms. The van der Waals surface area contributed by atoms with E-state index in [4.69, 9.17) is 9.52 Å². The Bertz CT molecular complexity index is 367. The van der Waals surface area contributed by atoms with Crippen molar-refractivity contribution in [1.29, 1.82) is 0 Å². The van der Waals surface area contributed by atoms with Crippen LogP contribution in [0.5, 0.6) is 0 Å². The first kappa shape index (κ1) is 9.24. The number of hydrogen-bond donors (Lipinski definition) is 1. The number of fused-ring (bicyclic) bond motifs is 1. The van der Waals surface area contributed by atoms with Gasteiger partial charge in [-0.3, -0.25) is 4.79 Å². The van der Waals surface area contributed by atoms with Crippen molar-refractivity contribution in [2.24, 2.45) is 5.41 Å². The summed E-state index contributed by atoms with van der Waals surface area (Å²) in [4.78, 5) is 15.1. The van der Waals surface area contributed by atoms with Gasteiger partial charge in [0.05, 0.1) is 5.69 Å². The first-order valence-corrected chi connectivity index (χ1v) is 4.65. The molecule has 0 aliphatic heterocycles. The van der Waals surface area contributed by atoms with E-state index in [-0.39, 0.29) is 5.41 Å². The van der Waals surface area contributed by atoms with Crippen LogP contribution >= 0.6 is 0 Å². The molecule has 0 radical (unpaired) electrons. The maximum absolute atomic E-state index is 11.0. The molecule has 1 aromatic heterocycles. The summed E-state index contributed by atoms with van der Waals surface area (Å²) in [5.74, 6) is -0.816. The summed E-state index contributed by atoms with van der Waals surface area (Å²) in [6.07, 6.45) is 2.75. The number of carboxylic acid groups (broad SMARTS) is 1. The highest BCUT2D eigenvalue weighted by Gasteiger charge is 2.39. The molecule has 1 aromatic rings. The normalized spacial score (nSPS) is 24.3. The van der Waals surface area contributed by atoms with E-state index >= 15 is 0 Å². The van der Waals surface area contributed by atoms with Crippen LogP contribution in [0.25, 0.3) is 0 Å². The minimum absolute atomic E-state index is 0.00701. The van der Waals surface area contributed by atoms with Crippen LogP contribution in [-0.2, 0) is 11.2 Å². The van der Waals surface area contributed by atoms with Gasteiger partial charge in [-0.1, -0.05) is 13.8 Å². The third kappa shape index (κ3) is 1.41. The number of carboxylic acids is 1. The summed E-state index contributed by atoms with van der Waals surface area (Å²) in [5, 5.41) is 9.05. The average Bonchev–Trinajstić information content (AvgIpc) is 2.47. The van der Waals surface area contributed by atoms with Gasteiger partial charge < -0.3 is 9.52 Å². The zero-order valence-corrected chi connectivity index (χ0v) is 8.28. The third-order valence-corrected chi connectivity index (χ3v) is 2.69. The van der Waals surface area contributed by atoms with Gasteiger partial charge in [0.15, 0.2) is 6.39 Å². The standard InChI is InChI=1S/C10H13NO3/c1-10(2)3-6(9(12)13)8-7(4-10)11-5-14-8/h5-6H,3-4H2,1-2H3,(H,12,13). The summed E-state index contributed by atoms with van der Waals surface area (Å²) in [6, 6.07) is 0. The molecule has 0 amide bonds. The molecule has 0 aromatic carbocycles. The molecule has 76 valence electrons. The van der Waals surface area contributed by atoms with Crippen molar-refractivity contribution in [3.63, 3.8) is 0 Å². The Kier molecular flexibility index (Phi) is 1.87. The maximum atomic E-state index is 11.0. The molecule has 1 aliphatic rings. The van der Waals surface area contributed by atoms with E-state index < -0.39 is 11.9 Å². The van der Waals surface area contributed by atoms with E-state index in [2.05, 4.69) is 18.8 Å². The summed E-state index contributed by atoms with van der Waals surface area (Å²) < 4.78 is 5.13. The van der Waals surface area contributed by atoms with Gasteiger partial charge in [-0.05, 0) is 18.3 Å². The van der Waals surface area contributed by atoms with E-state index in [1.165, 1.54) is 6.39 Å². The van der Waals surface area contributed by atoms with Gasteiger partial charge in [-0.25, -0.2) is 4.98 Å². The lowest BCUT2D eigenvalue weighted by Crippen LogP contribution is -2.29. The molecule has 0 spiro atoms. The molecule has 2 rings (SSSR count). The lowest BCUT2D eigenvalue weighted by atomic mass is 9.73. The van der Waals surface area contributed by atoms with E-state index in [0.29, 0.717) is 12.2 Å². The second-order valence-electron chi connectivity index (χ2n) is 4.60. The van der Waals surface area contributed by atoms with Crippen molar-refractivity contribution in [2.45, 2.75) is 32.6 Å². The largest absolute Gasteiger partial charge is 0.481 e. The van der Waals surface area contributed by atoms with Crippen LogP contribution in [0.15, 0.2) is 10.8 Å². The van der Waals surface area contributed by atoms with E-state index in [1.807, 2.05) is 0 Å². The fraction of sp³-hybridized carbons (Fsp3) is 0.600. The number of oxazole rings is 1. The van der Waals surface area contributed by atoms with Crippen LogP contribution in [0, 0.1) is 5.41 Å². The van der Waals surface area contributed by atoms with Gasteiger partial charge in [0.1, 0.15) is 11.7 Å². The van der Waals surface area contributed by atoms with Crippen LogP contribution in [0.3, 0.4) is 0 Å². The zero-order valence-electron chi connectivity index (χ0n) is 8.28. The lowest BCUT2D eigenvalue weighted by Gasteiger charge is -2.31. The highest BCUT2D eigenvalue weighted by atomic mass is 16.4. The number of hydrogen-bond acceptors (Lipinski definition) is 3. The molecule has 0 fully saturated rings. The van der Waals surface area contributed by atoms with Crippen molar-refractivity contribution in [2.75, 3.05) is 0 Å². The lowest BCUT2D eigenvalue weighted by molar-refractivity contribution is -0.140. The Morgan fingerprint density at radius 1 is 1.71 bits per heavy atom. The number of aliphatic carboxylic acids is 1. The molecule has 0 bridgehead atoms. The highest BCUT2D eigenvalue weighted by molar-refractivity contribution is 5.76. The number of nitrogens with zero attached hydrogens (tertiary/aromatic N) is 1. The van der Waals surface area contributed by atoms with Crippen molar-refractivity contribution < 1.29 is 14.3 Å². The predicted octanol–water partition coefficient (Wildman–Crippen LogP) is 1.82. The molecule has 14 heavy (non-hydrogen) atoms. The molecule has 4 nitrogen and oxygen atoms in total. The van der Waals surface area contributed by atoms with Crippen LogP contribution in [0.1, 0.15) is 37.6 Å². The van der Waals surface area contributed by atoms with Crippen molar-refractivity contribution >= 4 is 5.97 Å². The topological polar surface area (TPSA) is 63.3 Å². The Balaban J connectivity index is 2.42. The predicted molar refractivity (Wildman–Crippen MR) is 49.0 cm³/mol. The second-order valence-corrected chi connectivity index (χ2v) is 4.60. The first-order chi connectivity index (χ1) is 6.49. The summed E-state index contributed by atoms with van der Waals surface area (Å²) in [6.45, 7) is 4.11. The van der Waals surface area contributed by atoms with Crippen molar-refractivity contribution in [3.05, 3.63) is 17.8 Å². The van der Waals surface area contributed by atoms with Gasteiger partial charge in [-0.15, -0.1) is 0 Å². The first-order valence-electron chi connectivity index (χ1n) is 4.65. The minimum atomic E-state index is -0.823. The summed E-state index contributed by atoms with van der Waals surface area (Å²) in [5.41, 5.74) is 0.793. The van der Waals surface area contributed by atoms with Gasteiger partial charge in [0.2, 0.25) is 0 Å². The van der Waals surface area contributed by atoms with Gasteiger partial charge in [0, 0.05) is 0 Å². The fourth-order valence-corrected chi connectivity index (χ4v) is 2.06. The Hall–Kier alpha value is -1.32. The quantitative estimate of drug-likeness (QED) is 0.742. The molecule has 0 saturated heterocycles. The molecule has 1 N–H and O–H groups in total. The Morgan fingerprint density at radius 3 is 3.07 bits per heavy atom. The number of rotatable bonds is 1. The molecule has 0 saturated carbocycles. The van der Waals surface area contributed by atoms with Gasteiger partial charge >= 0.3 is 5.97 Å². The van der Waals surface area contributed by atoms with Gasteiger partial charge in [-0.2, -0.15) is 0 Å². The fourth-order valence-electron chi connectivity index (χ4n) is 2.06. The average molecular weight is 195 g/mol. The monoisotopic (exact) mass is 195 g/mol. The molecule has 1 unspecified atom stereocenters. The van der Waals surface area contributed by atoms with Gasteiger partial charge in [0.25, 0.3) is 0 Å². The highest BCUT2D eigenvalue weighted by Crippen LogP contribution is 2.41. The minimum Gasteiger partial charge on any atom is -0.481 e.